The van der Waals surface area contributed by atoms with Gasteiger partial charge >= 0.3 is 5.92 Å². The number of hydrogen-bond donors (Lipinski definition) is 3. The lowest BCUT2D eigenvalue weighted by Gasteiger charge is -2.38. The van der Waals surface area contributed by atoms with Crippen molar-refractivity contribution in [2.75, 3.05) is 25.0 Å². The van der Waals surface area contributed by atoms with Crippen LogP contribution >= 0.6 is 0 Å². The van der Waals surface area contributed by atoms with Crippen molar-refractivity contribution < 1.29 is 28.5 Å². The number of aliphatic hydroxyl groups is 2. The van der Waals surface area contributed by atoms with Gasteiger partial charge in [-0.25, -0.2) is 18.7 Å². The molecule has 1 aliphatic heterocycles. The van der Waals surface area contributed by atoms with E-state index < -0.39 is 37.3 Å². The topological polar surface area (TPSA) is 108 Å². The highest BCUT2D eigenvalue weighted by Gasteiger charge is 2.47. The van der Waals surface area contributed by atoms with E-state index in [1.165, 1.54) is 6.33 Å². The lowest BCUT2D eigenvalue weighted by Crippen LogP contribution is -2.55. The van der Waals surface area contributed by atoms with Gasteiger partial charge in [0.2, 0.25) is 5.91 Å². The number of alkyl halides is 2. The molecule has 2 unspecified atom stereocenters. The van der Waals surface area contributed by atoms with Crippen LogP contribution in [0.5, 0.6) is 5.75 Å². The predicted molar refractivity (Wildman–Crippen MR) is 112 cm³/mol. The lowest BCUT2D eigenvalue weighted by molar-refractivity contribution is -0.161. The minimum absolute atomic E-state index is 0.0375. The third-order valence-electron chi connectivity index (χ3n) is 5.79. The van der Waals surface area contributed by atoms with Crippen molar-refractivity contribution in [2.45, 2.75) is 44.4 Å². The molecule has 32 heavy (non-hydrogen) atoms. The zero-order valence-electron chi connectivity index (χ0n) is 17.7. The Balaban J connectivity index is 1.45. The fraction of sp³-hybridized carbons (Fsp3) is 0.500. The number of hydrogen-bond acceptors (Lipinski definition) is 7. The number of piperidine rings is 1. The zero-order chi connectivity index (χ0) is 22.9. The summed E-state index contributed by atoms with van der Waals surface area (Å²) in [6.45, 7) is 0.290. The Morgan fingerprint density at radius 1 is 1.31 bits per heavy atom. The van der Waals surface area contributed by atoms with Crippen LogP contribution in [0.3, 0.4) is 0 Å². The summed E-state index contributed by atoms with van der Waals surface area (Å²) in [6, 6.07) is 6.87. The summed E-state index contributed by atoms with van der Waals surface area (Å²) in [5.74, 6) is -2.86. The first-order chi connectivity index (χ1) is 15.3. The molecule has 2 atom stereocenters. The number of aryl methyl sites for hydroxylation is 1. The summed E-state index contributed by atoms with van der Waals surface area (Å²) in [5, 5.41) is 21.9. The number of nitrogens with zero attached hydrogens (tertiary/aromatic N) is 3. The first-order valence-electron chi connectivity index (χ1n) is 10.6. The number of aromatic nitrogens is 2. The van der Waals surface area contributed by atoms with E-state index in [1.54, 1.807) is 31.2 Å². The van der Waals surface area contributed by atoms with Crippen molar-refractivity contribution in [2.24, 2.45) is 5.92 Å². The third kappa shape index (κ3) is 4.97. The SMILES string of the molecule is Cc1cc(-c2cc(NC(O)C3CC3)ncn2)ccc1OC1CCN(C(=O)CO)CC1(F)F. The van der Waals surface area contributed by atoms with Crippen LogP contribution in [0.2, 0.25) is 0 Å². The van der Waals surface area contributed by atoms with E-state index in [0.29, 0.717) is 22.8 Å². The van der Waals surface area contributed by atoms with Crippen LogP contribution in [0.15, 0.2) is 30.6 Å². The third-order valence-corrected chi connectivity index (χ3v) is 5.79. The largest absolute Gasteiger partial charge is 0.484 e. The van der Waals surface area contributed by atoms with Crippen molar-refractivity contribution in [1.29, 1.82) is 0 Å². The number of carbonyl (C=O) groups is 1. The molecule has 10 heteroatoms. The van der Waals surface area contributed by atoms with Crippen LogP contribution in [0.25, 0.3) is 11.3 Å². The normalized spacial score (nSPS) is 21.2. The molecule has 1 saturated carbocycles. The van der Waals surface area contributed by atoms with E-state index in [-0.39, 0.29) is 18.9 Å². The molecule has 1 saturated heterocycles. The van der Waals surface area contributed by atoms with Crippen LogP contribution in [0, 0.1) is 12.8 Å². The van der Waals surface area contributed by atoms with E-state index >= 15 is 0 Å². The maximum atomic E-state index is 14.5. The molecule has 1 aliphatic carbocycles. The number of carbonyl (C=O) groups excluding carboxylic acids is 1. The van der Waals surface area contributed by atoms with Gasteiger partial charge in [0.25, 0.3) is 0 Å². The van der Waals surface area contributed by atoms with Crippen LogP contribution in [0.1, 0.15) is 24.8 Å². The Kier molecular flexibility index (Phi) is 6.25. The zero-order valence-corrected chi connectivity index (χ0v) is 17.7. The maximum Gasteiger partial charge on any atom is 0.301 e. The molecule has 1 aromatic carbocycles. The summed E-state index contributed by atoms with van der Waals surface area (Å²) in [4.78, 5) is 20.9. The van der Waals surface area contributed by atoms with Crippen LogP contribution in [-0.2, 0) is 4.79 Å². The minimum Gasteiger partial charge on any atom is -0.484 e. The number of amides is 1. The van der Waals surface area contributed by atoms with Crippen LogP contribution in [-0.4, -0.2) is 68.9 Å². The average molecular weight is 448 g/mol. The standard InChI is InChI=1S/C22H26F2N4O4/c1-13-8-15(16-9-19(26-12-25-16)27-21(31)14-2-3-14)4-5-17(13)32-18-6-7-28(20(30)10-29)11-22(18,23)24/h4-5,8-9,12,14,18,21,29,31H,2-3,6-7,10-11H2,1H3,(H,25,26,27). The molecule has 2 fully saturated rings. The Labute approximate surface area is 184 Å². The highest BCUT2D eigenvalue weighted by atomic mass is 19.3. The Bertz CT molecular complexity index is 986. The minimum atomic E-state index is -3.23. The van der Waals surface area contributed by atoms with Gasteiger partial charge in [-0.05, 0) is 43.5 Å². The van der Waals surface area contributed by atoms with Crippen LogP contribution < -0.4 is 10.1 Å². The second-order valence-electron chi connectivity index (χ2n) is 8.32. The van der Waals surface area contributed by atoms with Gasteiger partial charge < -0.3 is 25.2 Å². The number of benzene rings is 1. The van der Waals surface area contributed by atoms with Gasteiger partial charge in [0.05, 0.1) is 12.2 Å². The molecule has 0 radical (unpaired) electrons. The number of rotatable bonds is 7. The van der Waals surface area contributed by atoms with Gasteiger partial charge in [-0.2, -0.15) is 0 Å². The number of likely N-dealkylation sites (tertiary alicyclic amines) is 1. The first kappa shape index (κ1) is 22.3. The Hall–Kier alpha value is -2.85. The molecular weight excluding hydrogens is 422 g/mol. The van der Waals surface area contributed by atoms with Gasteiger partial charge in [0, 0.05) is 30.5 Å². The number of nitrogens with one attached hydrogen (secondary N) is 1. The molecule has 172 valence electrons. The number of aliphatic hydroxyl groups excluding tert-OH is 2. The van der Waals surface area contributed by atoms with Gasteiger partial charge in [-0.3, -0.25) is 4.79 Å². The van der Waals surface area contributed by atoms with Crippen molar-refractivity contribution >= 4 is 11.7 Å². The van der Waals surface area contributed by atoms with E-state index in [2.05, 4.69) is 15.3 Å². The monoisotopic (exact) mass is 448 g/mol. The molecule has 8 nitrogen and oxygen atoms in total. The van der Waals surface area contributed by atoms with Crippen molar-refractivity contribution in [3.05, 3.63) is 36.2 Å². The summed E-state index contributed by atoms with van der Waals surface area (Å²) in [6.07, 6.45) is 1.33. The van der Waals surface area contributed by atoms with Gasteiger partial charge in [-0.15, -0.1) is 0 Å². The molecular formula is C22H26F2N4O4. The van der Waals surface area contributed by atoms with E-state index in [9.17, 15) is 18.7 Å². The fourth-order valence-corrected chi connectivity index (χ4v) is 3.75. The molecule has 0 bridgehead atoms. The molecule has 2 aromatic rings. The smallest absolute Gasteiger partial charge is 0.301 e. The van der Waals surface area contributed by atoms with Gasteiger partial charge in [0.1, 0.15) is 30.7 Å². The highest BCUT2D eigenvalue weighted by Crippen LogP contribution is 2.35. The molecule has 2 heterocycles. The number of halogens is 2. The van der Waals surface area contributed by atoms with Gasteiger partial charge in [-0.1, -0.05) is 0 Å². The average Bonchev–Trinajstić information content (AvgIpc) is 3.61. The summed E-state index contributed by atoms with van der Waals surface area (Å²) in [7, 11) is 0. The quantitative estimate of drug-likeness (QED) is 0.558. The van der Waals surface area contributed by atoms with Gasteiger partial charge in [0.15, 0.2) is 6.10 Å². The Morgan fingerprint density at radius 3 is 2.75 bits per heavy atom. The van der Waals surface area contributed by atoms with E-state index in [0.717, 1.165) is 23.3 Å². The predicted octanol–water partition coefficient (Wildman–Crippen LogP) is 2.20. The number of anilines is 1. The van der Waals surface area contributed by atoms with Crippen molar-refractivity contribution in [3.63, 3.8) is 0 Å². The summed E-state index contributed by atoms with van der Waals surface area (Å²) in [5.41, 5.74) is 2.05. The maximum absolute atomic E-state index is 14.5. The second kappa shape index (κ2) is 8.95. The first-order valence-corrected chi connectivity index (χ1v) is 10.6. The van der Waals surface area contributed by atoms with Crippen LogP contribution in [0.4, 0.5) is 14.6 Å². The van der Waals surface area contributed by atoms with Crippen molar-refractivity contribution in [3.8, 4) is 17.0 Å². The van der Waals surface area contributed by atoms with E-state index in [4.69, 9.17) is 9.84 Å². The molecule has 1 amide bonds. The number of ether oxygens (including phenoxy) is 1. The second-order valence-corrected chi connectivity index (χ2v) is 8.32. The summed E-state index contributed by atoms with van der Waals surface area (Å²) < 4.78 is 34.7. The Morgan fingerprint density at radius 2 is 2.09 bits per heavy atom. The fourth-order valence-electron chi connectivity index (χ4n) is 3.75. The molecule has 0 spiro atoms. The molecule has 2 aliphatic rings. The lowest BCUT2D eigenvalue weighted by atomic mass is 10.0. The van der Waals surface area contributed by atoms with E-state index in [1.807, 2.05) is 0 Å². The molecule has 3 N–H and O–H groups in total. The summed E-state index contributed by atoms with van der Waals surface area (Å²) >= 11 is 0. The molecule has 1 aromatic heterocycles. The van der Waals surface area contributed by atoms with Crippen molar-refractivity contribution in [1.82, 2.24) is 14.9 Å². The molecule has 4 rings (SSSR count). The highest BCUT2D eigenvalue weighted by molar-refractivity contribution is 5.77.